The molecule has 0 unspecified atom stereocenters. The number of thioether (sulfide) groups is 1. The number of aryl methyl sites for hydroxylation is 1. The van der Waals surface area contributed by atoms with Gasteiger partial charge in [-0.05, 0) is 30.7 Å². The van der Waals surface area contributed by atoms with E-state index in [2.05, 4.69) is 35.9 Å². The monoisotopic (exact) mass is 239 g/mol. The van der Waals surface area contributed by atoms with Crippen molar-refractivity contribution in [1.29, 1.82) is 0 Å². The second kappa shape index (κ2) is 6.12. The highest BCUT2D eigenvalue weighted by atomic mass is 32.2. The highest BCUT2D eigenvalue weighted by Gasteiger charge is 1.91. The van der Waals surface area contributed by atoms with Gasteiger partial charge in [0.2, 0.25) is 0 Å². The van der Waals surface area contributed by atoms with Crippen LogP contribution in [0.5, 0.6) is 0 Å². The smallest absolute Gasteiger partial charge is 0.0598 e. The molecule has 0 aliphatic carbocycles. The van der Waals surface area contributed by atoms with Gasteiger partial charge >= 0.3 is 0 Å². The summed E-state index contributed by atoms with van der Waals surface area (Å²) in [4.78, 5) is 5.19. The van der Waals surface area contributed by atoms with E-state index in [0.29, 0.717) is 0 Å². The summed E-state index contributed by atoms with van der Waals surface area (Å²) in [7, 11) is 0. The molecule has 0 aliphatic rings. The minimum atomic E-state index is 0.804. The van der Waals surface area contributed by atoms with Crippen LogP contribution in [0.3, 0.4) is 0 Å². The summed E-state index contributed by atoms with van der Waals surface area (Å²) in [6.07, 6.45) is 3.61. The minimum Gasteiger partial charge on any atom is -0.265 e. The molecule has 0 atom stereocenters. The molecule has 1 nitrogen and oxygen atoms in total. The van der Waals surface area contributed by atoms with Crippen LogP contribution >= 0.6 is 11.8 Å². The predicted octanol–water partition coefficient (Wildman–Crippen LogP) is 3.53. The number of rotatable bonds is 2. The van der Waals surface area contributed by atoms with E-state index in [1.54, 1.807) is 24.2 Å². The number of hydrogen-bond donors (Lipinski definition) is 0. The van der Waals surface area contributed by atoms with Crippen molar-refractivity contribution in [2.75, 3.05) is 5.75 Å². The molecule has 2 heteroatoms. The van der Waals surface area contributed by atoms with Gasteiger partial charge in [0.15, 0.2) is 0 Å². The molecule has 1 aromatic carbocycles. The summed E-state index contributed by atoms with van der Waals surface area (Å²) in [5, 5.41) is 0. The van der Waals surface area contributed by atoms with Gasteiger partial charge in [0, 0.05) is 22.9 Å². The van der Waals surface area contributed by atoms with E-state index in [0.717, 1.165) is 11.3 Å². The summed E-state index contributed by atoms with van der Waals surface area (Å²) in [5.41, 5.74) is 2.34. The van der Waals surface area contributed by atoms with Gasteiger partial charge in [-0.3, -0.25) is 4.98 Å². The Labute approximate surface area is 106 Å². The zero-order valence-electron chi connectivity index (χ0n) is 9.68. The quantitative estimate of drug-likeness (QED) is 0.587. The summed E-state index contributed by atoms with van der Waals surface area (Å²) in [6, 6.07) is 12.2. The molecule has 0 saturated carbocycles. The molecule has 0 N–H and O–H groups in total. The van der Waals surface area contributed by atoms with Crippen molar-refractivity contribution in [3.8, 4) is 11.8 Å². The molecular weight excluding hydrogens is 226 g/mol. The molecule has 0 aliphatic heterocycles. The third kappa shape index (κ3) is 3.65. The van der Waals surface area contributed by atoms with E-state index < -0.39 is 0 Å². The molecule has 0 amide bonds. The Morgan fingerprint density at radius 2 is 1.88 bits per heavy atom. The Hall–Kier alpha value is -1.72. The number of pyridine rings is 1. The van der Waals surface area contributed by atoms with Crippen LogP contribution in [0.15, 0.2) is 53.7 Å². The molecule has 17 heavy (non-hydrogen) atoms. The van der Waals surface area contributed by atoms with E-state index in [4.69, 9.17) is 0 Å². The molecule has 0 spiro atoms. The normalized spacial score (nSPS) is 9.47. The number of hydrogen-bond acceptors (Lipinski definition) is 2. The first-order valence-electron chi connectivity index (χ1n) is 5.43. The maximum atomic E-state index is 3.98. The average Bonchev–Trinajstić information content (AvgIpc) is 2.38. The van der Waals surface area contributed by atoms with Crippen molar-refractivity contribution in [3.05, 3.63) is 59.9 Å². The second-order valence-electron chi connectivity index (χ2n) is 3.59. The van der Waals surface area contributed by atoms with Gasteiger partial charge < -0.3 is 0 Å². The topological polar surface area (TPSA) is 12.9 Å². The molecule has 0 radical (unpaired) electrons. The average molecular weight is 239 g/mol. The van der Waals surface area contributed by atoms with Crippen LogP contribution in [0, 0.1) is 18.8 Å². The molecule has 1 heterocycles. The van der Waals surface area contributed by atoms with Gasteiger partial charge in [-0.1, -0.05) is 30.0 Å². The van der Waals surface area contributed by atoms with Gasteiger partial charge in [0.25, 0.3) is 0 Å². The number of aromatic nitrogens is 1. The van der Waals surface area contributed by atoms with Gasteiger partial charge in [0.05, 0.1) is 5.75 Å². The fourth-order valence-corrected chi connectivity index (χ4v) is 2.02. The Kier molecular flexibility index (Phi) is 4.23. The lowest BCUT2D eigenvalue weighted by molar-refractivity contribution is 1.26. The number of benzene rings is 1. The van der Waals surface area contributed by atoms with Crippen LogP contribution in [-0.2, 0) is 0 Å². The van der Waals surface area contributed by atoms with Crippen molar-refractivity contribution >= 4 is 11.8 Å². The largest absolute Gasteiger partial charge is 0.265 e. The van der Waals surface area contributed by atoms with Crippen LogP contribution in [0.25, 0.3) is 0 Å². The second-order valence-corrected chi connectivity index (χ2v) is 4.64. The van der Waals surface area contributed by atoms with Gasteiger partial charge in [-0.15, -0.1) is 11.8 Å². The van der Waals surface area contributed by atoms with E-state index in [-0.39, 0.29) is 0 Å². The summed E-state index contributed by atoms with van der Waals surface area (Å²) in [6.45, 7) is 2.08. The number of nitrogens with zero attached hydrogens (tertiary/aromatic N) is 1. The fourth-order valence-electron chi connectivity index (χ4n) is 1.40. The van der Waals surface area contributed by atoms with Crippen LogP contribution in [0.2, 0.25) is 0 Å². The van der Waals surface area contributed by atoms with Crippen LogP contribution in [-0.4, -0.2) is 10.7 Å². The maximum absolute atomic E-state index is 3.98. The van der Waals surface area contributed by atoms with Crippen molar-refractivity contribution < 1.29 is 0 Å². The lowest BCUT2D eigenvalue weighted by Crippen LogP contribution is -1.81. The molecule has 0 fully saturated rings. The summed E-state index contributed by atoms with van der Waals surface area (Å²) >= 11 is 1.73. The first kappa shape index (κ1) is 11.8. The van der Waals surface area contributed by atoms with Crippen LogP contribution in [0.4, 0.5) is 0 Å². The standard InChI is InChI=1S/C15H13NS/c1-13-5-2-3-6-14(13)7-4-12-17-15-8-10-16-11-9-15/h2-3,5-6,8-11H,12H2,1H3. The molecule has 84 valence electrons. The van der Waals surface area contributed by atoms with E-state index in [1.807, 2.05) is 24.3 Å². The van der Waals surface area contributed by atoms with E-state index >= 15 is 0 Å². The molecular formula is C15H13NS. The van der Waals surface area contributed by atoms with Gasteiger partial charge in [-0.2, -0.15) is 0 Å². The van der Waals surface area contributed by atoms with Crippen molar-refractivity contribution in [3.63, 3.8) is 0 Å². The lowest BCUT2D eigenvalue weighted by Gasteiger charge is -1.96. The summed E-state index contributed by atoms with van der Waals surface area (Å²) < 4.78 is 0. The maximum Gasteiger partial charge on any atom is 0.0598 e. The van der Waals surface area contributed by atoms with E-state index in [9.17, 15) is 0 Å². The molecule has 1 aromatic heterocycles. The first-order chi connectivity index (χ1) is 8.36. The van der Waals surface area contributed by atoms with Gasteiger partial charge in [0.1, 0.15) is 0 Å². The van der Waals surface area contributed by atoms with Crippen molar-refractivity contribution in [1.82, 2.24) is 4.98 Å². The highest BCUT2D eigenvalue weighted by Crippen LogP contribution is 2.15. The van der Waals surface area contributed by atoms with Gasteiger partial charge in [-0.25, -0.2) is 0 Å². The third-order valence-electron chi connectivity index (χ3n) is 2.33. The van der Waals surface area contributed by atoms with Crippen molar-refractivity contribution in [2.24, 2.45) is 0 Å². The lowest BCUT2D eigenvalue weighted by atomic mass is 10.1. The molecule has 2 rings (SSSR count). The molecule has 0 saturated heterocycles. The zero-order chi connectivity index (χ0) is 11.9. The van der Waals surface area contributed by atoms with Crippen LogP contribution < -0.4 is 0 Å². The highest BCUT2D eigenvalue weighted by molar-refractivity contribution is 7.99. The first-order valence-corrected chi connectivity index (χ1v) is 6.42. The molecule has 0 bridgehead atoms. The predicted molar refractivity (Wildman–Crippen MR) is 73.0 cm³/mol. The van der Waals surface area contributed by atoms with Crippen LogP contribution in [0.1, 0.15) is 11.1 Å². The Morgan fingerprint density at radius 3 is 2.65 bits per heavy atom. The Balaban J connectivity index is 1.94. The zero-order valence-corrected chi connectivity index (χ0v) is 10.5. The summed E-state index contributed by atoms with van der Waals surface area (Å²) in [5.74, 6) is 7.18. The Morgan fingerprint density at radius 1 is 1.12 bits per heavy atom. The molecule has 2 aromatic rings. The Bertz CT molecular complexity index is 538. The van der Waals surface area contributed by atoms with E-state index in [1.165, 1.54) is 10.5 Å². The fraction of sp³-hybridized carbons (Fsp3) is 0.133. The third-order valence-corrected chi connectivity index (χ3v) is 3.22. The van der Waals surface area contributed by atoms with Crippen molar-refractivity contribution in [2.45, 2.75) is 11.8 Å². The minimum absolute atomic E-state index is 0.804. The SMILES string of the molecule is Cc1ccccc1C#CCSc1ccncc1.